The van der Waals surface area contributed by atoms with E-state index in [0.717, 1.165) is 5.56 Å². The summed E-state index contributed by atoms with van der Waals surface area (Å²) in [5, 5.41) is 10.6. The van der Waals surface area contributed by atoms with E-state index in [9.17, 15) is 10.1 Å². The van der Waals surface area contributed by atoms with Crippen LogP contribution < -0.4 is 0 Å². The Hall–Kier alpha value is -2.04. The maximum atomic E-state index is 10.6. The summed E-state index contributed by atoms with van der Waals surface area (Å²) in [4.78, 5) is 13.1. The molecule has 0 amide bonds. The molecule has 5 nitrogen and oxygen atoms in total. The smallest absolute Gasteiger partial charge is 0.217 e. The first kappa shape index (κ1) is 9.51. The SMILES string of the molecule is O=[N+]([O-])CC(c1cc[nH]c1)c1ccco1. The maximum absolute atomic E-state index is 10.6. The Kier molecular flexibility index (Phi) is 2.53. The Morgan fingerprint density at radius 3 is 2.93 bits per heavy atom. The fraction of sp³-hybridized carbons (Fsp3) is 0.200. The maximum Gasteiger partial charge on any atom is 0.217 e. The monoisotopic (exact) mass is 206 g/mol. The normalized spacial score (nSPS) is 12.5. The lowest BCUT2D eigenvalue weighted by Crippen LogP contribution is -2.12. The standard InChI is InChI=1S/C10H10N2O3/c13-12(14)7-9(8-3-4-11-6-8)10-2-1-5-15-10/h1-6,9,11H,7H2. The molecule has 1 N–H and O–H groups in total. The van der Waals surface area contributed by atoms with Gasteiger partial charge >= 0.3 is 0 Å². The average Bonchev–Trinajstić information content (AvgIpc) is 2.87. The molecule has 0 spiro atoms. The molecule has 0 aromatic carbocycles. The number of nitro groups is 1. The van der Waals surface area contributed by atoms with E-state index in [1.54, 1.807) is 24.5 Å². The van der Waals surface area contributed by atoms with Crippen molar-refractivity contribution < 1.29 is 9.34 Å². The van der Waals surface area contributed by atoms with Gasteiger partial charge in [0, 0.05) is 17.3 Å². The van der Waals surface area contributed by atoms with E-state index in [4.69, 9.17) is 4.42 Å². The molecule has 2 aromatic rings. The van der Waals surface area contributed by atoms with Crippen LogP contribution in [0.15, 0.2) is 41.3 Å². The highest BCUT2D eigenvalue weighted by atomic mass is 16.6. The third kappa shape index (κ3) is 2.07. The number of aromatic amines is 1. The van der Waals surface area contributed by atoms with Gasteiger partial charge in [0.2, 0.25) is 6.54 Å². The number of hydrogen-bond donors (Lipinski definition) is 1. The highest BCUT2D eigenvalue weighted by Crippen LogP contribution is 2.24. The molecule has 1 atom stereocenters. The zero-order valence-corrected chi connectivity index (χ0v) is 7.92. The van der Waals surface area contributed by atoms with Crippen molar-refractivity contribution >= 4 is 0 Å². The number of nitrogens with one attached hydrogen (secondary N) is 1. The van der Waals surface area contributed by atoms with Crippen molar-refractivity contribution in [3.8, 4) is 0 Å². The van der Waals surface area contributed by atoms with E-state index in [1.807, 2.05) is 6.07 Å². The Morgan fingerprint density at radius 2 is 2.40 bits per heavy atom. The Labute approximate surface area is 85.9 Å². The van der Waals surface area contributed by atoms with Gasteiger partial charge < -0.3 is 9.40 Å². The van der Waals surface area contributed by atoms with Crippen molar-refractivity contribution in [1.82, 2.24) is 4.98 Å². The fourth-order valence-corrected chi connectivity index (χ4v) is 1.55. The minimum atomic E-state index is -0.333. The van der Waals surface area contributed by atoms with Crippen LogP contribution in [0.3, 0.4) is 0 Å². The van der Waals surface area contributed by atoms with Gasteiger partial charge in [0.15, 0.2) is 0 Å². The number of nitrogens with zero attached hydrogens (tertiary/aromatic N) is 1. The van der Waals surface area contributed by atoms with Crippen molar-refractivity contribution in [3.05, 3.63) is 58.3 Å². The van der Waals surface area contributed by atoms with Crippen LogP contribution in [-0.4, -0.2) is 16.5 Å². The van der Waals surface area contributed by atoms with E-state index in [0.29, 0.717) is 5.76 Å². The number of aromatic nitrogens is 1. The summed E-state index contributed by atoms with van der Waals surface area (Å²) >= 11 is 0. The molecule has 1 unspecified atom stereocenters. The molecule has 0 aliphatic heterocycles. The van der Waals surface area contributed by atoms with Gasteiger partial charge in [-0.1, -0.05) is 0 Å². The van der Waals surface area contributed by atoms with Crippen molar-refractivity contribution in [2.24, 2.45) is 0 Å². The van der Waals surface area contributed by atoms with E-state index in [1.165, 1.54) is 6.26 Å². The molecule has 2 rings (SSSR count). The number of hydrogen-bond acceptors (Lipinski definition) is 3. The molecule has 0 saturated carbocycles. The molecule has 2 aromatic heterocycles. The third-order valence-electron chi connectivity index (χ3n) is 2.24. The Balaban J connectivity index is 2.29. The molecule has 0 aliphatic rings. The second-order valence-corrected chi connectivity index (χ2v) is 3.23. The van der Waals surface area contributed by atoms with Crippen LogP contribution in [0.5, 0.6) is 0 Å². The van der Waals surface area contributed by atoms with Gasteiger partial charge in [0.05, 0.1) is 6.26 Å². The lowest BCUT2D eigenvalue weighted by atomic mass is 10.00. The number of H-pyrrole nitrogens is 1. The van der Waals surface area contributed by atoms with Crippen LogP contribution >= 0.6 is 0 Å². The fourth-order valence-electron chi connectivity index (χ4n) is 1.55. The van der Waals surface area contributed by atoms with Gasteiger partial charge in [-0.05, 0) is 23.8 Å². The Morgan fingerprint density at radius 1 is 1.53 bits per heavy atom. The first-order chi connectivity index (χ1) is 7.27. The summed E-state index contributed by atoms with van der Waals surface area (Å²) in [6.07, 6.45) is 5.01. The lowest BCUT2D eigenvalue weighted by Gasteiger charge is -2.07. The summed E-state index contributed by atoms with van der Waals surface area (Å²) in [6.45, 7) is -0.161. The largest absolute Gasteiger partial charge is 0.468 e. The molecule has 0 aliphatic carbocycles. The summed E-state index contributed by atoms with van der Waals surface area (Å²) in [7, 11) is 0. The highest BCUT2D eigenvalue weighted by Gasteiger charge is 2.22. The summed E-state index contributed by atoms with van der Waals surface area (Å²) in [5.41, 5.74) is 0.863. The van der Waals surface area contributed by atoms with E-state index >= 15 is 0 Å². The van der Waals surface area contributed by atoms with E-state index in [-0.39, 0.29) is 17.4 Å². The molecule has 5 heteroatoms. The Bertz CT molecular complexity index is 385. The predicted octanol–water partition coefficient (Wildman–Crippen LogP) is 2.02. The molecular formula is C10H10N2O3. The van der Waals surface area contributed by atoms with Crippen molar-refractivity contribution in [2.75, 3.05) is 6.54 Å². The minimum Gasteiger partial charge on any atom is -0.468 e. The molecule has 0 radical (unpaired) electrons. The van der Waals surface area contributed by atoms with Gasteiger partial charge in [-0.25, -0.2) is 0 Å². The second-order valence-electron chi connectivity index (χ2n) is 3.23. The second kappa shape index (κ2) is 4.00. The zero-order valence-electron chi connectivity index (χ0n) is 7.92. The van der Waals surface area contributed by atoms with Gasteiger partial charge in [-0.15, -0.1) is 0 Å². The molecule has 15 heavy (non-hydrogen) atoms. The van der Waals surface area contributed by atoms with Gasteiger partial charge in [0.25, 0.3) is 0 Å². The molecule has 0 bridgehead atoms. The van der Waals surface area contributed by atoms with E-state index < -0.39 is 0 Å². The predicted molar refractivity (Wildman–Crippen MR) is 53.2 cm³/mol. The molecule has 2 heterocycles. The van der Waals surface area contributed by atoms with Crippen LogP contribution in [0, 0.1) is 10.1 Å². The lowest BCUT2D eigenvalue weighted by molar-refractivity contribution is -0.482. The first-order valence-corrected chi connectivity index (χ1v) is 4.55. The van der Waals surface area contributed by atoms with Crippen molar-refractivity contribution in [3.63, 3.8) is 0 Å². The van der Waals surface area contributed by atoms with Gasteiger partial charge in [0.1, 0.15) is 11.7 Å². The molecule has 78 valence electrons. The van der Waals surface area contributed by atoms with Crippen LogP contribution in [-0.2, 0) is 0 Å². The minimum absolute atomic E-state index is 0.161. The van der Waals surface area contributed by atoms with Crippen molar-refractivity contribution in [1.29, 1.82) is 0 Å². The average molecular weight is 206 g/mol. The first-order valence-electron chi connectivity index (χ1n) is 4.55. The number of rotatable bonds is 4. The van der Waals surface area contributed by atoms with Gasteiger partial charge in [-0.3, -0.25) is 10.1 Å². The molecule has 0 saturated heterocycles. The van der Waals surface area contributed by atoms with Crippen LogP contribution in [0.2, 0.25) is 0 Å². The van der Waals surface area contributed by atoms with Crippen LogP contribution in [0.1, 0.15) is 17.2 Å². The molecular weight excluding hydrogens is 196 g/mol. The third-order valence-corrected chi connectivity index (χ3v) is 2.24. The van der Waals surface area contributed by atoms with Crippen molar-refractivity contribution in [2.45, 2.75) is 5.92 Å². The number of furan rings is 1. The summed E-state index contributed by atoms with van der Waals surface area (Å²) in [5.74, 6) is 0.299. The quantitative estimate of drug-likeness (QED) is 0.614. The highest BCUT2D eigenvalue weighted by molar-refractivity contribution is 5.24. The zero-order chi connectivity index (χ0) is 10.7. The van der Waals surface area contributed by atoms with Gasteiger partial charge in [-0.2, -0.15) is 0 Å². The summed E-state index contributed by atoms with van der Waals surface area (Å²) < 4.78 is 5.20. The van der Waals surface area contributed by atoms with E-state index in [2.05, 4.69) is 4.98 Å². The summed E-state index contributed by atoms with van der Waals surface area (Å²) in [6, 6.07) is 5.30. The van der Waals surface area contributed by atoms with Crippen LogP contribution in [0.4, 0.5) is 0 Å². The molecule has 0 fully saturated rings. The van der Waals surface area contributed by atoms with Crippen LogP contribution in [0.25, 0.3) is 0 Å². The topological polar surface area (TPSA) is 72.1 Å².